The lowest BCUT2D eigenvalue weighted by Gasteiger charge is -2.09. The van der Waals surface area contributed by atoms with Crippen LogP contribution in [0, 0.1) is 0 Å². The summed E-state index contributed by atoms with van der Waals surface area (Å²) in [6, 6.07) is 11.5. The molecule has 0 aliphatic rings. The first-order valence-corrected chi connectivity index (χ1v) is 5.72. The third-order valence-electron chi connectivity index (χ3n) is 2.79. The molecule has 4 nitrogen and oxygen atoms in total. The Morgan fingerprint density at radius 2 is 1.68 bits per heavy atom. The lowest BCUT2D eigenvalue weighted by molar-refractivity contribution is 0.103. The van der Waals surface area contributed by atoms with E-state index in [9.17, 15) is 9.90 Å². The Labute approximate surface area is 111 Å². The minimum Gasteiger partial charge on any atom is -0.504 e. The number of carbonyl (C=O) groups is 1. The second-order valence-electron chi connectivity index (χ2n) is 3.92. The summed E-state index contributed by atoms with van der Waals surface area (Å²) in [5, 5.41) is 9.53. The zero-order valence-electron chi connectivity index (χ0n) is 10.7. The SMILES string of the molecule is COc1cc(C(=O)c2ccccc2OC)ccc1O. The van der Waals surface area contributed by atoms with Crippen molar-refractivity contribution in [3.8, 4) is 17.2 Å². The van der Waals surface area contributed by atoms with Gasteiger partial charge in [0, 0.05) is 5.56 Å². The number of rotatable bonds is 4. The minimum atomic E-state index is -0.184. The number of hydrogen-bond acceptors (Lipinski definition) is 4. The van der Waals surface area contributed by atoms with Gasteiger partial charge < -0.3 is 14.6 Å². The molecule has 0 heterocycles. The van der Waals surface area contributed by atoms with Crippen molar-refractivity contribution >= 4 is 5.78 Å². The predicted octanol–water partition coefficient (Wildman–Crippen LogP) is 2.64. The maximum Gasteiger partial charge on any atom is 0.196 e. The lowest BCUT2D eigenvalue weighted by Crippen LogP contribution is -2.04. The quantitative estimate of drug-likeness (QED) is 0.856. The molecule has 2 aromatic rings. The summed E-state index contributed by atoms with van der Waals surface area (Å²) in [7, 11) is 2.95. The van der Waals surface area contributed by atoms with E-state index < -0.39 is 0 Å². The normalized spacial score (nSPS) is 10.0. The van der Waals surface area contributed by atoms with Gasteiger partial charge in [-0.05, 0) is 30.3 Å². The van der Waals surface area contributed by atoms with E-state index >= 15 is 0 Å². The van der Waals surface area contributed by atoms with Crippen molar-refractivity contribution in [2.45, 2.75) is 0 Å². The molecule has 0 unspecified atom stereocenters. The van der Waals surface area contributed by atoms with Crippen molar-refractivity contribution < 1.29 is 19.4 Å². The number of hydrogen-bond donors (Lipinski definition) is 1. The molecule has 0 aliphatic carbocycles. The van der Waals surface area contributed by atoms with Crippen molar-refractivity contribution in [1.82, 2.24) is 0 Å². The van der Waals surface area contributed by atoms with Gasteiger partial charge in [0.2, 0.25) is 0 Å². The third-order valence-corrected chi connectivity index (χ3v) is 2.79. The Kier molecular flexibility index (Phi) is 3.71. The van der Waals surface area contributed by atoms with Crippen molar-refractivity contribution in [3.63, 3.8) is 0 Å². The predicted molar refractivity (Wildman–Crippen MR) is 71.1 cm³/mol. The smallest absolute Gasteiger partial charge is 0.196 e. The lowest BCUT2D eigenvalue weighted by atomic mass is 10.0. The van der Waals surface area contributed by atoms with Crippen LogP contribution in [-0.4, -0.2) is 25.1 Å². The number of para-hydroxylation sites is 1. The zero-order chi connectivity index (χ0) is 13.8. The minimum absolute atomic E-state index is 0.000855. The van der Waals surface area contributed by atoms with E-state index in [-0.39, 0.29) is 17.3 Å². The molecule has 98 valence electrons. The largest absolute Gasteiger partial charge is 0.504 e. The third kappa shape index (κ3) is 2.52. The van der Waals surface area contributed by atoms with Gasteiger partial charge in [0.25, 0.3) is 0 Å². The van der Waals surface area contributed by atoms with Crippen LogP contribution in [0.4, 0.5) is 0 Å². The van der Waals surface area contributed by atoms with Crippen molar-refractivity contribution in [2.24, 2.45) is 0 Å². The fraction of sp³-hybridized carbons (Fsp3) is 0.133. The standard InChI is InChI=1S/C15H14O4/c1-18-13-6-4-3-5-11(13)15(17)10-7-8-12(16)14(9-10)19-2/h3-9,16H,1-2H3. The second-order valence-corrected chi connectivity index (χ2v) is 3.92. The Bertz CT molecular complexity index is 605. The van der Waals surface area contributed by atoms with Gasteiger partial charge in [-0.15, -0.1) is 0 Å². The van der Waals surface area contributed by atoms with Crippen LogP contribution in [0.1, 0.15) is 15.9 Å². The first-order valence-electron chi connectivity index (χ1n) is 5.72. The summed E-state index contributed by atoms with van der Waals surface area (Å²) in [4.78, 5) is 12.4. The molecule has 19 heavy (non-hydrogen) atoms. The van der Waals surface area contributed by atoms with Crippen LogP contribution < -0.4 is 9.47 Å². The number of ether oxygens (including phenoxy) is 2. The molecule has 0 amide bonds. The Balaban J connectivity index is 2.44. The number of phenols is 1. The van der Waals surface area contributed by atoms with E-state index in [0.29, 0.717) is 16.9 Å². The fourth-order valence-corrected chi connectivity index (χ4v) is 1.81. The number of benzene rings is 2. The highest BCUT2D eigenvalue weighted by Crippen LogP contribution is 2.28. The van der Waals surface area contributed by atoms with Crippen LogP contribution in [0.25, 0.3) is 0 Å². The molecular weight excluding hydrogens is 244 g/mol. The number of carbonyl (C=O) groups excluding carboxylic acids is 1. The van der Waals surface area contributed by atoms with Gasteiger partial charge in [0.05, 0.1) is 19.8 Å². The average molecular weight is 258 g/mol. The van der Waals surface area contributed by atoms with Gasteiger partial charge in [0.15, 0.2) is 17.3 Å². The van der Waals surface area contributed by atoms with Crippen molar-refractivity contribution in [3.05, 3.63) is 53.6 Å². The molecule has 0 bridgehead atoms. The fourth-order valence-electron chi connectivity index (χ4n) is 1.81. The number of methoxy groups -OCH3 is 2. The molecule has 0 atom stereocenters. The van der Waals surface area contributed by atoms with E-state index in [4.69, 9.17) is 9.47 Å². The first kappa shape index (κ1) is 13.0. The molecular formula is C15H14O4. The monoisotopic (exact) mass is 258 g/mol. The van der Waals surface area contributed by atoms with E-state index in [2.05, 4.69) is 0 Å². The number of phenolic OH excluding ortho intramolecular Hbond substituents is 1. The van der Waals surface area contributed by atoms with Gasteiger partial charge in [-0.2, -0.15) is 0 Å². The van der Waals surface area contributed by atoms with Gasteiger partial charge >= 0.3 is 0 Å². The highest BCUT2D eigenvalue weighted by molar-refractivity contribution is 6.11. The van der Waals surface area contributed by atoms with Gasteiger partial charge in [-0.1, -0.05) is 12.1 Å². The Morgan fingerprint density at radius 1 is 1.00 bits per heavy atom. The molecule has 0 saturated carbocycles. The van der Waals surface area contributed by atoms with Crippen LogP contribution in [0.5, 0.6) is 17.2 Å². The van der Waals surface area contributed by atoms with Crippen LogP contribution >= 0.6 is 0 Å². The summed E-state index contributed by atoms with van der Waals surface area (Å²) in [5.74, 6) is 0.593. The highest BCUT2D eigenvalue weighted by atomic mass is 16.5. The van der Waals surface area contributed by atoms with E-state index in [1.54, 1.807) is 30.3 Å². The van der Waals surface area contributed by atoms with Crippen molar-refractivity contribution in [2.75, 3.05) is 14.2 Å². The molecule has 0 saturated heterocycles. The topological polar surface area (TPSA) is 55.8 Å². The number of ketones is 1. The first-order chi connectivity index (χ1) is 9.17. The van der Waals surface area contributed by atoms with Gasteiger partial charge in [-0.25, -0.2) is 0 Å². The van der Waals surface area contributed by atoms with Crippen LogP contribution in [0.2, 0.25) is 0 Å². The molecule has 0 aliphatic heterocycles. The Morgan fingerprint density at radius 3 is 2.37 bits per heavy atom. The van der Waals surface area contributed by atoms with Gasteiger partial charge in [0.1, 0.15) is 5.75 Å². The summed E-state index contributed by atoms with van der Waals surface area (Å²) in [6.45, 7) is 0. The van der Waals surface area contributed by atoms with E-state index in [0.717, 1.165) is 0 Å². The molecule has 4 heteroatoms. The highest BCUT2D eigenvalue weighted by Gasteiger charge is 2.15. The molecule has 0 fully saturated rings. The van der Waals surface area contributed by atoms with Crippen LogP contribution in [0.3, 0.4) is 0 Å². The molecule has 2 rings (SSSR count). The van der Waals surface area contributed by atoms with E-state index in [1.165, 1.54) is 26.4 Å². The molecule has 2 aromatic carbocycles. The van der Waals surface area contributed by atoms with E-state index in [1.807, 2.05) is 0 Å². The average Bonchev–Trinajstić information content (AvgIpc) is 2.47. The maximum absolute atomic E-state index is 12.4. The van der Waals surface area contributed by atoms with Gasteiger partial charge in [-0.3, -0.25) is 4.79 Å². The molecule has 0 spiro atoms. The molecule has 0 radical (unpaired) electrons. The molecule has 0 aromatic heterocycles. The van der Waals surface area contributed by atoms with Crippen LogP contribution in [0.15, 0.2) is 42.5 Å². The summed E-state index contributed by atoms with van der Waals surface area (Å²) < 4.78 is 10.2. The maximum atomic E-state index is 12.4. The number of aromatic hydroxyl groups is 1. The second kappa shape index (κ2) is 5.44. The summed E-state index contributed by atoms with van der Waals surface area (Å²) >= 11 is 0. The summed E-state index contributed by atoms with van der Waals surface area (Å²) in [6.07, 6.45) is 0. The molecule has 1 N–H and O–H groups in total. The zero-order valence-corrected chi connectivity index (χ0v) is 10.7. The summed E-state index contributed by atoms with van der Waals surface area (Å²) in [5.41, 5.74) is 0.900. The Hall–Kier alpha value is -2.49. The van der Waals surface area contributed by atoms with Crippen molar-refractivity contribution in [1.29, 1.82) is 0 Å². The van der Waals surface area contributed by atoms with Crippen LogP contribution in [-0.2, 0) is 0 Å².